The zero-order valence-corrected chi connectivity index (χ0v) is 10.1. The molecule has 0 fully saturated rings. The van der Waals surface area contributed by atoms with Crippen LogP contribution in [0.2, 0.25) is 0 Å². The summed E-state index contributed by atoms with van der Waals surface area (Å²) in [6.45, 7) is 3.97. The number of aliphatic hydroxyl groups excluding tert-OH is 1. The van der Waals surface area contributed by atoms with Crippen LogP contribution in [-0.4, -0.2) is 54.2 Å². The van der Waals surface area contributed by atoms with Gasteiger partial charge in [-0.1, -0.05) is 0 Å². The van der Waals surface area contributed by atoms with E-state index >= 15 is 0 Å². The Hall–Kier alpha value is 1.11. The summed E-state index contributed by atoms with van der Waals surface area (Å²) in [5.74, 6) is 0. The molecule has 63 valence electrons. The molecule has 0 saturated heterocycles. The van der Waals surface area contributed by atoms with Gasteiger partial charge in [0.15, 0.2) is 0 Å². The van der Waals surface area contributed by atoms with Gasteiger partial charge in [0.2, 0.25) is 0 Å². The summed E-state index contributed by atoms with van der Waals surface area (Å²) in [4.78, 5) is 0. The Morgan fingerprint density at radius 3 is 1.82 bits per heavy atom. The monoisotopic (exact) mass is 191 g/mol. The van der Waals surface area contributed by atoms with Crippen molar-refractivity contribution in [3.63, 3.8) is 0 Å². The Kier molecular flexibility index (Phi) is 10.3. The van der Waals surface area contributed by atoms with Crippen molar-refractivity contribution >= 4 is 37.2 Å². The second kappa shape index (κ2) is 7.74. The summed E-state index contributed by atoms with van der Waals surface area (Å²) in [6.07, 6.45) is -0.547. The molecule has 0 aliphatic rings. The van der Waals surface area contributed by atoms with Crippen LogP contribution in [0, 0.1) is 0 Å². The van der Waals surface area contributed by atoms with Gasteiger partial charge in [-0.05, 0) is 13.8 Å². The van der Waals surface area contributed by atoms with Crippen molar-refractivity contribution < 1.29 is 18.7 Å². The molecule has 0 rings (SSSR count). The average molecular weight is 191 g/mol. The minimum atomic E-state index is -3.14. The summed E-state index contributed by atoms with van der Waals surface area (Å²) in [7, 11) is -3.14. The van der Waals surface area contributed by atoms with Crippen molar-refractivity contribution in [1.82, 2.24) is 0 Å². The van der Waals surface area contributed by atoms with E-state index in [4.69, 9.17) is 14.2 Å². The molecular formula is C5H13NaO4P. The number of aliphatic hydroxyl groups is 1. The maximum absolute atomic E-state index is 11.1. The smallest absolute Gasteiger partial charge is 0.355 e. The predicted molar refractivity (Wildman–Crippen MR) is 43.7 cm³/mol. The first-order chi connectivity index (χ1) is 4.68. The first-order valence-corrected chi connectivity index (χ1v) is 4.90. The fraction of sp³-hybridized carbons (Fsp3) is 1.00. The number of rotatable bonds is 5. The van der Waals surface area contributed by atoms with Crippen LogP contribution in [0.4, 0.5) is 0 Å². The Labute approximate surface area is 89.1 Å². The SMILES string of the molecule is CCOP(=O)(CO)OCC.[Na]. The van der Waals surface area contributed by atoms with Crippen molar-refractivity contribution in [2.24, 2.45) is 0 Å². The molecule has 0 amide bonds. The summed E-state index contributed by atoms with van der Waals surface area (Å²) < 4.78 is 20.5. The van der Waals surface area contributed by atoms with Gasteiger partial charge >= 0.3 is 7.60 Å². The van der Waals surface area contributed by atoms with Crippen LogP contribution < -0.4 is 0 Å². The molecule has 0 aliphatic carbocycles. The minimum Gasteiger partial charge on any atom is -0.384 e. The van der Waals surface area contributed by atoms with Crippen molar-refractivity contribution in [1.29, 1.82) is 0 Å². The Morgan fingerprint density at radius 1 is 1.27 bits per heavy atom. The summed E-state index contributed by atoms with van der Waals surface area (Å²) in [5.41, 5.74) is 0. The van der Waals surface area contributed by atoms with Crippen molar-refractivity contribution in [3.8, 4) is 0 Å². The van der Waals surface area contributed by atoms with E-state index in [0.717, 1.165) is 0 Å². The van der Waals surface area contributed by atoms with Crippen LogP contribution in [0.1, 0.15) is 13.8 Å². The van der Waals surface area contributed by atoms with Gasteiger partial charge < -0.3 is 14.2 Å². The summed E-state index contributed by atoms with van der Waals surface area (Å²) >= 11 is 0. The van der Waals surface area contributed by atoms with Crippen molar-refractivity contribution in [3.05, 3.63) is 0 Å². The fourth-order valence-electron chi connectivity index (χ4n) is 0.512. The predicted octanol–water partition coefficient (Wildman–Crippen LogP) is 0.822. The molecule has 0 unspecified atom stereocenters. The quantitative estimate of drug-likeness (QED) is 0.516. The third-order valence-electron chi connectivity index (χ3n) is 0.825. The number of hydrogen-bond donors (Lipinski definition) is 1. The van der Waals surface area contributed by atoms with Gasteiger partial charge in [-0.15, -0.1) is 0 Å². The van der Waals surface area contributed by atoms with Crippen LogP contribution in [0.3, 0.4) is 0 Å². The second-order valence-electron chi connectivity index (χ2n) is 1.59. The van der Waals surface area contributed by atoms with Crippen molar-refractivity contribution in [2.45, 2.75) is 13.8 Å². The minimum absolute atomic E-state index is 0. The largest absolute Gasteiger partial charge is 0.384 e. The first kappa shape index (κ1) is 14.6. The molecule has 4 nitrogen and oxygen atoms in total. The molecule has 0 aromatic rings. The van der Waals surface area contributed by atoms with Gasteiger partial charge in [-0.3, -0.25) is 4.57 Å². The van der Waals surface area contributed by atoms with Crippen molar-refractivity contribution in [2.75, 3.05) is 19.6 Å². The van der Waals surface area contributed by atoms with E-state index in [1.807, 2.05) is 0 Å². The van der Waals surface area contributed by atoms with Gasteiger partial charge in [-0.25, -0.2) is 0 Å². The topological polar surface area (TPSA) is 55.8 Å². The maximum Gasteiger partial charge on any atom is 0.355 e. The van der Waals surface area contributed by atoms with E-state index in [0.29, 0.717) is 0 Å². The van der Waals surface area contributed by atoms with Crippen LogP contribution >= 0.6 is 7.60 Å². The van der Waals surface area contributed by atoms with Gasteiger partial charge in [0.1, 0.15) is 6.35 Å². The van der Waals surface area contributed by atoms with Crippen LogP contribution in [-0.2, 0) is 13.6 Å². The van der Waals surface area contributed by atoms with Gasteiger partial charge in [0, 0.05) is 29.6 Å². The molecule has 0 aliphatic heterocycles. The third-order valence-corrected chi connectivity index (χ3v) is 2.47. The zero-order chi connectivity index (χ0) is 8.04. The summed E-state index contributed by atoms with van der Waals surface area (Å²) in [6, 6.07) is 0. The molecule has 6 heteroatoms. The first-order valence-electron chi connectivity index (χ1n) is 3.17. The third kappa shape index (κ3) is 6.29. The standard InChI is InChI=1S/C5H13O4P.Na/c1-3-8-10(7,5-6)9-4-2;/h6H,3-5H2,1-2H3;. The molecule has 11 heavy (non-hydrogen) atoms. The van der Waals surface area contributed by atoms with Gasteiger partial charge in [0.25, 0.3) is 0 Å². The molecule has 0 aromatic carbocycles. The van der Waals surface area contributed by atoms with Crippen LogP contribution in [0.5, 0.6) is 0 Å². The number of hydrogen-bond acceptors (Lipinski definition) is 4. The zero-order valence-electron chi connectivity index (χ0n) is 7.24. The summed E-state index contributed by atoms with van der Waals surface area (Å²) in [5, 5.41) is 8.53. The molecular weight excluding hydrogens is 178 g/mol. The molecule has 1 N–H and O–H groups in total. The molecule has 0 heterocycles. The van der Waals surface area contributed by atoms with E-state index in [1.54, 1.807) is 13.8 Å². The molecule has 0 bridgehead atoms. The molecule has 0 spiro atoms. The van der Waals surface area contributed by atoms with E-state index in [1.165, 1.54) is 0 Å². The Bertz CT molecular complexity index is 120. The Morgan fingerprint density at radius 2 is 1.64 bits per heavy atom. The second-order valence-corrected chi connectivity index (χ2v) is 3.61. The fourth-order valence-corrected chi connectivity index (χ4v) is 1.54. The molecule has 0 atom stereocenters. The maximum atomic E-state index is 11.1. The molecule has 1 radical (unpaired) electrons. The molecule has 0 aromatic heterocycles. The van der Waals surface area contributed by atoms with E-state index in [-0.39, 0.29) is 42.8 Å². The van der Waals surface area contributed by atoms with Crippen LogP contribution in [0.25, 0.3) is 0 Å². The van der Waals surface area contributed by atoms with Gasteiger partial charge in [0.05, 0.1) is 13.2 Å². The van der Waals surface area contributed by atoms with E-state index in [2.05, 4.69) is 0 Å². The van der Waals surface area contributed by atoms with E-state index < -0.39 is 13.9 Å². The average Bonchev–Trinajstić information content (AvgIpc) is 1.89. The normalized spacial score (nSPS) is 10.8. The van der Waals surface area contributed by atoms with E-state index in [9.17, 15) is 4.57 Å². The Balaban J connectivity index is 0. The molecule has 0 saturated carbocycles. The van der Waals surface area contributed by atoms with Crippen LogP contribution in [0.15, 0.2) is 0 Å². The van der Waals surface area contributed by atoms with Gasteiger partial charge in [-0.2, -0.15) is 0 Å².